The molecule has 5 heteroatoms. The van der Waals surface area contributed by atoms with E-state index in [1.165, 1.54) is 0 Å². The van der Waals surface area contributed by atoms with Crippen molar-refractivity contribution in [1.29, 1.82) is 0 Å². The molecule has 0 radical (unpaired) electrons. The molecule has 2 rings (SSSR count). The Kier molecular flexibility index (Phi) is 5.60. The zero-order valence-electron chi connectivity index (χ0n) is 12.0. The number of aryl methyl sites for hydroxylation is 1. The van der Waals surface area contributed by atoms with Crippen LogP contribution >= 0.6 is 12.4 Å². The molecule has 110 valence electrons. The number of halogens is 1. The van der Waals surface area contributed by atoms with Crippen LogP contribution in [0.5, 0.6) is 5.75 Å². The van der Waals surface area contributed by atoms with Crippen molar-refractivity contribution in [1.82, 2.24) is 4.90 Å². The van der Waals surface area contributed by atoms with Gasteiger partial charge in [0.15, 0.2) is 0 Å². The van der Waals surface area contributed by atoms with Crippen molar-refractivity contribution >= 4 is 23.4 Å². The second-order valence-electron chi connectivity index (χ2n) is 4.66. The molecule has 1 aromatic carbocycles. The summed E-state index contributed by atoms with van der Waals surface area (Å²) in [7, 11) is 0. The van der Waals surface area contributed by atoms with Crippen LogP contribution in [0.25, 0.3) is 11.0 Å². The Morgan fingerprint density at radius 2 is 1.90 bits per heavy atom. The molecular formula is C15H20ClNO3. The number of hydrogen-bond acceptors (Lipinski definition) is 4. The van der Waals surface area contributed by atoms with Gasteiger partial charge in [0.1, 0.15) is 11.3 Å². The van der Waals surface area contributed by atoms with Gasteiger partial charge in [0.05, 0.1) is 5.56 Å². The van der Waals surface area contributed by atoms with Crippen LogP contribution in [-0.4, -0.2) is 23.1 Å². The molecule has 1 N–H and O–H groups in total. The number of phenolic OH excluding ortho intramolecular Hbond substituents is 1. The second kappa shape index (κ2) is 6.77. The first kappa shape index (κ1) is 16.5. The van der Waals surface area contributed by atoms with Crippen molar-refractivity contribution < 1.29 is 9.52 Å². The first-order valence-corrected chi connectivity index (χ1v) is 6.54. The molecule has 0 unspecified atom stereocenters. The maximum atomic E-state index is 11.7. The maximum absolute atomic E-state index is 11.7. The molecule has 2 aromatic rings. The molecule has 1 heterocycles. The zero-order chi connectivity index (χ0) is 14.0. The fraction of sp³-hybridized carbons (Fsp3) is 0.400. The fourth-order valence-electron chi connectivity index (χ4n) is 2.16. The molecular weight excluding hydrogens is 278 g/mol. The summed E-state index contributed by atoms with van der Waals surface area (Å²) in [5.41, 5.74) is 1.40. The molecule has 0 aliphatic carbocycles. The van der Waals surface area contributed by atoms with E-state index in [1.807, 2.05) is 0 Å². The van der Waals surface area contributed by atoms with E-state index in [0.29, 0.717) is 23.3 Å². The quantitative estimate of drug-likeness (QED) is 0.881. The summed E-state index contributed by atoms with van der Waals surface area (Å²) in [5.74, 6) is 0.173. The molecule has 0 aliphatic heterocycles. The minimum absolute atomic E-state index is 0. The Labute approximate surface area is 124 Å². The molecule has 0 saturated heterocycles. The van der Waals surface area contributed by atoms with Crippen molar-refractivity contribution in [3.8, 4) is 5.75 Å². The van der Waals surface area contributed by atoms with Gasteiger partial charge in [-0.3, -0.25) is 4.90 Å². The Hall–Kier alpha value is -1.52. The third-order valence-electron chi connectivity index (χ3n) is 3.43. The van der Waals surface area contributed by atoms with Gasteiger partial charge in [-0.15, -0.1) is 12.4 Å². The molecule has 20 heavy (non-hydrogen) atoms. The van der Waals surface area contributed by atoms with Gasteiger partial charge in [-0.05, 0) is 38.2 Å². The van der Waals surface area contributed by atoms with E-state index >= 15 is 0 Å². The molecule has 0 fully saturated rings. The Bertz CT molecular complexity index is 647. The molecule has 0 bridgehead atoms. The highest BCUT2D eigenvalue weighted by Crippen LogP contribution is 2.27. The lowest BCUT2D eigenvalue weighted by atomic mass is 10.1. The normalized spacial score (nSPS) is 10.8. The maximum Gasteiger partial charge on any atom is 0.339 e. The van der Waals surface area contributed by atoms with Gasteiger partial charge in [-0.25, -0.2) is 4.79 Å². The highest BCUT2D eigenvalue weighted by Gasteiger charge is 2.13. The number of benzene rings is 1. The summed E-state index contributed by atoms with van der Waals surface area (Å²) >= 11 is 0. The van der Waals surface area contributed by atoms with E-state index in [1.54, 1.807) is 25.1 Å². The molecule has 0 saturated carbocycles. The number of phenols is 1. The van der Waals surface area contributed by atoms with E-state index in [0.717, 1.165) is 18.5 Å². The van der Waals surface area contributed by atoms with Crippen LogP contribution in [0.15, 0.2) is 27.4 Å². The molecule has 0 amide bonds. The second-order valence-corrected chi connectivity index (χ2v) is 4.66. The molecule has 0 atom stereocenters. The summed E-state index contributed by atoms with van der Waals surface area (Å²) in [6.07, 6.45) is 0. The summed E-state index contributed by atoms with van der Waals surface area (Å²) in [4.78, 5) is 13.8. The predicted molar refractivity (Wildman–Crippen MR) is 82.8 cm³/mol. The molecule has 4 nitrogen and oxygen atoms in total. The van der Waals surface area contributed by atoms with Crippen molar-refractivity contribution in [3.63, 3.8) is 0 Å². The van der Waals surface area contributed by atoms with Crippen molar-refractivity contribution in [2.24, 2.45) is 0 Å². The smallest absolute Gasteiger partial charge is 0.339 e. The predicted octanol–water partition coefficient (Wildman–Crippen LogP) is 3.07. The first-order valence-electron chi connectivity index (χ1n) is 6.54. The molecule has 0 aliphatic rings. The lowest BCUT2D eigenvalue weighted by Crippen LogP contribution is -2.22. The van der Waals surface area contributed by atoms with Crippen LogP contribution in [0.2, 0.25) is 0 Å². The summed E-state index contributed by atoms with van der Waals surface area (Å²) in [6.45, 7) is 8.17. The van der Waals surface area contributed by atoms with E-state index in [-0.39, 0.29) is 23.8 Å². The van der Waals surface area contributed by atoms with E-state index in [9.17, 15) is 9.90 Å². The Morgan fingerprint density at radius 1 is 1.25 bits per heavy atom. The lowest BCUT2D eigenvalue weighted by molar-refractivity contribution is 0.290. The average molecular weight is 298 g/mol. The van der Waals surface area contributed by atoms with Crippen LogP contribution < -0.4 is 5.63 Å². The SMILES string of the molecule is CCN(CC)Cc1c(O)ccc2cc(C)c(=O)oc12.Cl. The van der Waals surface area contributed by atoms with Gasteiger partial charge >= 0.3 is 5.63 Å². The van der Waals surface area contributed by atoms with Crippen molar-refractivity contribution in [3.05, 3.63) is 39.7 Å². The van der Waals surface area contributed by atoms with Gasteiger partial charge in [0.2, 0.25) is 0 Å². The van der Waals surface area contributed by atoms with Gasteiger partial charge in [-0.2, -0.15) is 0 Å². The zero-order valence-corrected chi connectivity index (χ0v) is 12.8. The largest absolute Gasteiger partial charge is 0.507 e. The third kappa shape index (κ3) is 3.14. The minimum Gasteiger partial charge on any atom is -0.507 e. The number of rotatable bonds is 4. The number of aromatic hydroxyl groups is 1. The third-order valence-corrected chi connectivity index (χ3v) is 3.43. The van der Waals surface area contributed by atoms with E-state index in [4.69, 9.17) is 4.42 Å². The summed E-state index contributed by atoms with van der Waals surface area (Å²) in [6, 6.07) is 5.22. The monoisotopic (exact) mass is 297 g/mol. The van der Waals surface area contributed by atoms with Crippen LogP contribution in [0, 0.1) is 6.92 Å². The van der Waals surface area contributed by atoms with Crippen LogP contribution in [0.1, 0.15) is 25.0 Å². The summed E-state index contributed by atoms with van der Waals surface area (Å²) < 4.78 is 5.35. The topological polar surface area (TPSA) is 53.7 Å². The summed E-state index contributed by atoms with van der Waals surface area (Å²) in [5, 5.41) is 10.9. The highest BCUT2D eigenvalue weighted by atomic mass is 35.5. The van der Waals surface area contributed by atoms with Crippen LogP contribution in [0.3, 0.4) is 0 Å². The van der Waals surface area contributed by atoms with Gasteiger partial charge in [0.25, 0.3) is 0 Å². The number of hydrogen-bond donors (Lipinski definition) is 1. The van der Waals surface area contributed by atoms with Crippen LogP contribution in [-0.2, 0) is 6.54 Å². The van der Waals surface area contributed by atoms with E-state index < -0.39 is 0 Å². The number of nitrogens with zero attached hydrogens (tertiary/aromatic N) is 1. The van der Waals surface area contributed by atoms with E-state index in [2.05, 4.69) is 18.7 Å². The van der Waals surface area contributed by atoms with Crippen molar-refractivity contribution in [2.75, 3.05) is 13.1 Å². The van der Waals surface area contributed by atoms with Gasteiger partial charge in [-0.1, -0.05) is 13.8 Å². The molecule has 1 aromatic heterocycles. The minimum atomic E-state index is -0.348. The van der Waals surface area contributed by atoms with Gasteiger partial charge < -0.3 is 9.52 Å². The lowest BCUT2D eigenvalue weighted by Gasteiger charge is -2.19. The first-order chi connectivity index (χ1) is 9.06. The fourth-order valence-corrected chi connectivity index (χ4v) is 2.16. The highest BCUT2D eigenvalue weighted by molar-refractivity contribution is 5.85. The number of fused-ring (bicyclic) bond motifs is 1. The Balaban J connectivity index is 0.00000200. The average Bonchev–Trinajstić information content (AvgIpc) is 2.40. The van der Waals surface area contributed by atoms with Crippen LogP contribution in [0.4, 0.5) is 0 Å². The standard InChI is InChI=1S/C15H19NO3.ClH/c1-4-16(5-2)9-12-13(17)7-6-11-8-10(3)15(18)19-14(11)12;/h6-8,17H,4-5,9H2,1-3H3;1H. The molecule has 0 spiro atoms. The van der Waals surface area contributed by atoms with Crippen molar-refractivity contribution in [2.45, 2.75) is 27.3 Å². The van der Waals surface area contributed by atoms with Gasteiger partial charge in [0, 0.05) is 17.5 Å². The Morgan fingerprint density at radius 3 is 2.50 bits per heavy atom.